The van der Waals surface area contributed by atoms with Crippen LogP contribution in [0.25, 0.3) is 22.1 Å². The Bertz CT molecular complexity index is 1660. The van der Waals surface area contributed by atoms with Crippen LogP contribution in [-0.2, 0) is 6.54 Å². The predicted octanol–water partition coefficient (Wildman–Crippen LogP) is 5.37. The molecule has 0 amide bonds. The number of carboxylic acid groups (broad SMARTS) is 1. The van der Waals surface area contributed by atoms with Crippen LogP contribution in [0.2, 0.25) is 15.1 Å². The quantitative estimate of drug-likeness (QED) is 0.338. The smallest absolute Gasteiger partial charge is 0.434 e. The highest BCUT2D eigenvalue weighted by molar-refractivity contribution is 6.35. The molecule has 0 saturated heterocycles. The summed E-state index contributed by atoms with van der Waals surface area (Å²) in [4.78, 5) is 17.0. The van der Waals surface area contributed by atoms with Crippen LogP contribution in [0.15, 0.2) is 42.6 Å². The molecule has 168 valence electrons. The molecule has 0 spiro atoms. The lowest BCUT2D eigenvalue weighted by molar-refractivity contribution is 0.193. The third-order valence-corrected chi connectivity index (χ3v) is 5.73. The van der Waals surface area contributed by atoms with Crippen molar-refractivity contribution in [3.63, 3.8) is 0 Å². The largest absolute Gasteiger partial charge is 0.463 e. The van der Waals surface area contributed by atoms with E-state index in [1.807, 2.05) is 6.07 Å². The molecule has 0 saturated carbocycles. The Hall–Kier alpha value is -3.91. The van der Waals surface area contributed by atoms with Crippen LogP contribution in [0.3, 0.4) is 0 Å². The van der Waals surface area contributed by atoms with E-state index in [0.717, 1.165) is 4.68 Å². The minimum atomic E-state index is -1.26. The van der Waals surface area contributed by atoms with E-state index in [1.165, 1.54) is 23.1 Å². The van der Waals surface area contributed by atoms with Gasteiger partial charge in [-0.05, 0) is 30.3 Å². The lowest BCUT2D eigenvalue weighted by atomic mass is 10.2. The molecule has 0 aliphatic heterocycles. The second-order valence-corrected chi connectivity index (χ2v) is 8.19. The Morgan fingerprint density at radius 2 is 1.97 bits per heavy atom. The molecule has 0 aliphatic rings. The second-order valence-electron chi connectivity index (χ2n) is 6.97. The molecule has 5 aromatic rings. The van der Waals surface area contributed by atoms with Crippen molar-refractivity contribution in [1.82, 2.24) is 29.8 Å². The van der Waals surface area contributed by atoms with Gasteiger partial charge in [-0.25, -0.2) is 9.78 Å². The predicted molar refractivity (Wildman–Crippen MR) is 124 cm³/mol. The number of hydrogen-bond acceptors (Lipinski definition) is 7. The van der Waals surface area contributed by atoms with E-state index in [2.05, 4.69) is 20.3 Å². The van der Waals surface area contributed by atoms with E-state index in [-0.39, 0.29) is 44.3 Å². The summed E-state index contributed by atoms with van der Waals surface area (Å²) in [5.41, 5.74) is 1.54. The number of benzene rings is 2. The first-order chi connectivity index (χ1) is 16.4. The first kappa shape index (κ1) is 21.9. The van der Waals surface area contributed by atoms with Gasteiger partial charge in [0.1, 0.15) is 28.9 Å². The second kappa shape index (κ2) is 8.46. The average Bonchev–Trinajstić information content (AvgIpc) is 3.39. The zero-order valence-electron chi connectivity index (χ0n) is 16.8. The number of aromatic nitrogens is 6. The minimum Gasteiger partial charge on any atom is -0.463 e. The zero-order chi connectivity index (χ0) is 24.0. The van der Waals surface area contributed by atoms with Gasteiger partial charge in [-0.1, -0.05) is 34.8 Å². The number of rotatable bonds is 4. The lowest BCUT2D eigenvalue weighted by Crippen LogP contribution is -2.11. The van der Waals surface area contributed by atoms with Gasteiger partial charge < -0.3 is 9.84 Å². The molecule has 1 N–H and O–H groups in total. The van der Waals surface area contributed by atoms with E-state index >= 15 is 0 Å². The van der Waals surface area contributed by atoms with Crippen molar-refractivity contribution in [2.75, 3.05) is 0 Å². The van der Waals surface area contributed by atoms with Crippen molar-refractivity contribution < 1.29 is 14.6 Å². The number of nitriles is 1. The standard InChI is InChI=1S/C21H10Cl3N7O3/c22-11-6-10(8-25)17(24)16(7-11)34-19-13(23)3-4-14-18(19)29-30(27-14)9-15-12-2-1-5-26-20(12)31(28-15)21(32)33/h1-7H,9H2,(H,32,33). The van der Waals surface area contributed by atoms with Crippen LogP contribution in [0, 0.1) is 11.3 Å². The first-order valence-electron chi connectivity index (χ1n) is 9.52. The minimum absolute atomic E-state index is 0.0602. The molecule has 34 heavy (non-hydrogen) atoms. The maximum absolute atomic E-state index is 11.5. The van der Waals surface area contributed by atoms with Crippen LogP contribution in [0.4, 0.5) is 4.79 Å². The lowest BCUT2D eigenvalue weighted by Gasteiger charge is -2.10. The van der Waals surface area contributed by atoms with Crippen LogP contribution in [0.5, 0.6) is 11.5 Å². The normalized spacial score (nSPS) is 11.1. The molecule has 10 nitrogen and oxygen atoms in total. The van der Waals surface area contributed by atoms with Gasteiger partial charge in [0, 0.05) is 22.7 Å². The SMILES string of the molecule is N#Cc1cc(Cl)cc(Oc2c(Cl)ccc3nn(Cc4nn(C(=O)O)c5ncccc45)nc23)c1Cl. The first-order valence-corrected chi connectivity index (χ1v) is 10.7. The molecule has 2 aromatic carbocycles. The maximum Gasteiger partial charge on any atom is 0.434 e. The van der Waals surface area contributed by atoms with Crippen molar-refractivity contribution in [3.05, 3.63) is 68.9 Å². The summed E-state index contributed by atoms with van der Waals surface area (Å²) in [6.07, 6.45) is 0.226. The van der Waals surface area contributed by atoms with Crippen LogP contribution in [-0.4, -0.2) is 41.0 Å². The fraction of sp³-hybridized carbons (Fsp3) is 0.0476. The summed E-state index contributed by atoms with van der Waals surface area (Å²) in [6.45, 7) is 0.0602. The van der Waals surface area contributed by atoms with Crippen molar-refractivity contribution in [1.29, 1.82) is 5.26 Å². The average molecular weight is 515 g/mol. The molecular formula is C21H10Cl3N7O3. The van der Waals surface area contributed by atoms with Crippen LogP contribution >= 0.6 is 34.8 Å². The number of pyridine rings is 1. The highest BCUT2D eigenvalue weighted by atomic mass is 35.5. The third-order valence-electron chi connectivity index (χ3n) is 4.83. The summed E-state index contributed by atoms with van der Waals surface area (Å²) >= 11 is 18.7. The van der Waals surface area contributed by atoms with E-state index < -0.39 is 6.09 Å². The van der Waals surface area contributed by atoms with Gasteiger partial charge in [-0.2, -0.15) is 20.3 Å². The Morgan fingerprint density at radius 1 is 1.15 bits per heavy atom. The third kappa shape index (κ3) is 3.76. The van der Waals surface area contributed by atoms with Gasteiger partial charge in [-0.3, -0.25) is 0 Å². The topological polar surface area (TPSA) is 132 Å². The van der Waals surface area contributed by atoms with Gasteiger partial charge in [0.2, 0.25) is 0 Å². The fourth-order valence-electron chi connectivity index (χ4n) is 3.37. The van der Waals surface area contributed by atoms with Gasteiger partial charge in [0.25, 0.3) is 0 Å². The summed E-state index contributed by atoms with van der Waals surface area (Å²) in [6, 6.07) is 11.5. The molecule has 3 heterocycles. The number of hydrogen-bond donors (Lipinski definition) is 1. The monoisotopic (exact) mass is 513 g/mol. The summed E-state index contributed by atoms with van der Waals surface area (Å²) in [5.74, 6) is 0.299. The number of nitrogens with zero attached hydrogens (tertiary/aromatic N) is 7. The van der Waals surface area contributed by atoms with Crippen LogP contribution in [0.1, 0.15) is 11.3 Å². The molecule has 5 rings (SSSR count). The van der Waals surface area contributed by atoms with Crippen molar-refractivity contribution in [2.24, 2.45) is 0 Å². The number of fused-ring (bicyclic) bond motifs is 2. The van der Waals surface area contributed by atoms with E-state index in [1.54, 1.807) is 24.3 Å². The highest BCUT2D eigenvalue weighted by Crippen LogP contribution is 2.40. The molecule has 0 fully saturated rings. The van der Waals surface area contributed by atoms with Crippen molar-refractivity contribution in [2.45, 2.75) is 6.54 Å². The fourth-order valence-corrected chi connectivity index (χ4v) is 3.96. The molecule has 3 aromatic heterocycles. The number of halogens is 3. The van der Waals surface area contributed by atoms with Crippen LogP contribution < -0.4 is 4.74 Å². The molecule has 0 unspecified atom stereocenters. The highest BCUT2D eigenvalue weighted by Gasteiger charge is 2.20. The zero-order valence-corrected chi connectivity index (χ0v) is 19.0. The Morgan fingerprint density at radius 3 is 2.74 bits per heavy atom. The Labute approximate surface area is 205 Å². The summed E-state index contributed by atoms with van der Waals surface area (Å²) in [7, 11) is 0. The Balaban J connectivity index is 1.57. The summed E-state index contributed by atoms with van der Waals surface area (Å²) < 4.78 is 6.72. The molecule has 13 heteroatoms. The van der Waals surface area contributed by atoms with E-state index in [9.17, 15) is 15.2 Å². The maximum atomic E-state index is 11.5. The van der Waals surface area contributed by atoms with Gasteiger partial charge in [-0.15, -0.1) is 9.78 Å². The van der Waals surface area contributed by atoms with E-state index in [4.69, 9.17) is 39.5 Å². The van der Waals surface area contributed by atoms with Gasteiger partial charge in [0.05, 0.1) is 16.3 Å². The van der Waals surface area contributed by atoms with Gasteiger partial charge in [0.15, 0.2) is 16.9 Å². The Kier molecular flexibility index (Phi) is 5.45. The van der Waals surface area contributed by atoms with E-state index in [0.29, 0.717) is 22.1 Å². The van der Waals surface area contributed by atoms with Crippen molar-refractivity contribution >= 4 is 63.0 Å². The van der Waals surface area contributed by atoms with Gasteiger partial charge >= 0.3 is 6.09 Å². The molecule has 0 bridgehead atoms. The molecular weight excluding hydrogens is 505 g/mol. The molecule has 0 radical (unpaired) electrons. The molecule has 0 aliphatic carbocycles. The number of ether oxygens (including phenoxy) is 1. The van der Waals surface area contributed by atoms with Crippen molar-refractivity contribution in [3.8, 4) is 17.6 Å². The molecule has 0 atom stereocenters. The summed E-state index contributed by atoms with van der Waals surface area (Å²) in [5, 5.41) is 32.8. The number of carbonyl (C=O) groups is 1.